The molecule has 0 aliphatic heterocycles. The largest absolute Gasteiger partial charge is 0.497 e. The predicted molar refractivity (Wildman–Crippen MR) is 69.3 cm³/mol. The summed E-state index contributed by atoms with van der Waals surface area (Å²) in [4.78, 5) is 4.12. The molecule has 1 aromatic carbocycles. The molecule has 0 radical (unpaired) electrons. The molecule has 5 nitrogen and oxygen atoms in total. The van der Waals surface area contributed by atoms with Crippen LogP contribution in [-0.2, 0) is 0 Å². The molecule has 88 valence electrons. The van der Waals surface area contributed by atoms with Crippen LogP contribution in [0, 0.1) is 0 Å². The molecule has 0 saturated heterocycles. The average molecular weight is 230 g/mol. The molecule has 0 aliphatic carbocycles. The Kier molecular flexibility index (Phi) is 3.00. The van der Waals surface area contributed by atoms with Crippen molar-refractivity contribution < 1.29 is 4.74 Å². The van der Waals surface area contributed by atoms with Crippen LogP contribution in [0.5, 0.6) is 5.75 Å². The van der Waals surface area contributed by atoms with Gasteiger partial charge in [-0.25, -0.2) is 4.98 Å². The van der Waals surface area contributed by atoms with Gasteiger partial charge in [-0.15, -0.1) is 0 Å². The lowest BCUT2D eigenvalue weighted by atomic mass is 10.3. The smallest absolute Gasteiger partial charge is 0.149 e. The van der Waals surface area contributed by atoms with E-state index in [1.165, 1.54) is 0 Å². The van der Waals surface area contributed by atoms with E-state index in [0.29, 0.717) is 17.3 Å². The quantitative estimate of drug-likeness (QED) is 0.750. The first-order valence-electron chi connectivity index (χ1n) is 5.12. The molecule has 17 heavy (non-hydrogen) atoms. The SMILES string of the molecule is COc1ccc(Nc2ccc(N)c(N)n2)cc1. The first-order valence-corrected chi connectivity index (χ1v) is 5.12. The highest BCUT2D eigenvalue weighted by Crippen LogP contribution is 2.21. The molecule has 1 aromatic heterocycles. The van der Waals surface area contributed by atoms with Crippen molar-refractivity contribution in [2.75, 3.05) is 23.9 Å². The molecule has 5 heteroatoms. The molecule has 2 rings (SSSR count). The fraction of sp³-hybridized carbons (Fsp3) is 0.0833. The number of pyridine rings is 1. The van der Waals surface area contributed by atoms with Crippen molar-refractivity contribution in [1.29, 1.82) is 0 Å². The third-order valence-electron chi connectivity index (χ3n) is 2.32. The maximum absolute atomic E-state index is 5.62. The molecule has 0 unspecified atom stereocenters. The van der Waals surface area contributed by atoms with Gasteiger partial charge in [-0.3, -0.25) is 0 Å². The van der Waals surface area contributed by atoms with E-state index in [1.807, 2.05) is 24.3 Å². The molecule has 0 bridgehead atoms. The van der Waals surface area contributed by atoms with Gasteiger partial charge in [0.25, 0.3) is 0 Å². The molecular weight excluding hydrogens is 216 g/mol. The standard InChI is InChI=1S/C12H14N4O/c1-17-9-4-2-8(3-5-9)15-11-7-6-10(13)12(14)16-11/h2-7H,13H2,1H3,(H3,14,15,16). The van der Waals surface area contributed by atoms with Crippen molar-refractivity contribution in [2.45, 2.75) is 0 Å². The van der Waals surface area contributed by atoms with Gasteiger partial charge in [0.15, 0.2) is 0 Å². The van der Waals surface area contributed by atoms with Crippen LogP contribution in [0.4, 0.5) is 23.0 Å². The van der Waals surface area contributed by atoms with Crippen LogP contribution in [-0.4, -0.2) is 12.1 Å². The first-order chi connectivity index (χ1) is 8.19. The van der Waals surface area contributed by atoms with Gasteiger partial charge in [0.05, 0.1) is 12.8 Å². The topological polar surface area (TPSA) is 86.2 Å². The highest BCUT2D eigenvalue weighted by atomic mass is 16.5. The van der Waals surface area contributed by atoms with E-state index in [-0.39, 0.29) is 0 Å². The first kappa shape index (κ1) is 11.1. The number of hydrogen-bond donors (Lipinski definition) is 3. The number of nitrogens with two attached hydrogens (primary N) is 2. The zero-order valence-electron chi connectivity index (χ0n) is 9.47. The van der Waals surface area contributed by atoms with Crippen LogP contribution in [0.25, 0.3) is 0 Å². The van der Waals surface area contributed by atoms with E-state index in [2.05, 4.69) is 10.3 Å². The number of methoxy groups -OCH3 is 1. The fourth-order valence-corrected chi connectivity index (χ4v) is 1.38. The minimum absolute atomic E-state index is 0.323. The Morgan fingerprint density at radius 2 is 1.76 bits per heavy atom. The third-order valence-corrected chi connectivity index (χ3v) is 2.32. The summed E-state index contributed by atoms with van der Waals surface area (Å²) >= 11 is 0. The van der Waals surface area contributed by atoms with Crippen LogP contribution >= 0.6 is 0 Å². The van der Waals surface area contributed by atoms with Crippen LogP contribution in [0.15, 0.2) is 36.4 Å². The van der Waals surface area contributed by atoms with E-state index in [4.69, 9.17) is 16.2 Å². The Morgan fingerprint density at radius 1 is 1.06 bits per heavy atom. The lowest BCUT2D eigenvalue weighted by Gasteiger charge is -2.08. The average Bonchev–Trinajstić information content (AvgIpc) is 2.35. The molecule has 0 aliphatic rings. The number of rotatable bonds is 3. The van der Waals surface area contributed by atoms with Crippen LogP contribution in [0.3, 0.4) is 0 Å². The van der Waals surface area contributed by atoms with E-state index < -0.39 is 0 Å². The molecule has 0 amide bonds. The van der Waals surface area contributed by atoms with Gasteiger partial charge < -0.3 is 21.5 Å². The predicted octanol–water partition coefficient (Wildman–Crippen LogP) is 2.00. The second-order valence-corrected chi connectivity index (χ2v) is 3.52. The summed E-state index contributed by atoms with van der Waals surface area (Å²) in [5.41, 5.74) is 12.6. The van der Waals surface area contributed by atoms with Crippen LogP contribution in [0.2, 0.25) is 0 Å². The van der Waals surface area contributed by atoms with Crippen LogP contribution < -0.4 is 21.5 Å². The van der Waals surface area contributed by atoms with E-state index in [0.717, 1.165) is 11.4 Å². The van der Waals surface area contributed by atoms with Crippen molar-refractivity contribution in [3.63, 3.8) is 0 Å². The number of anilines is 4. The summed E-state index contributed by atoms with van der Waals surface area (Å²) in [6.07, 6.45) is 0. The van der Waals surface area contributed by atoms with Crippen molar-refractivity contribution in [3.8, 4) is 5.75 Å². The molecule has 0 fully saturated rings. The Morgan fingerprint density at radius 3 is 2.35 bits per heavy atom. The summed E-state index contributed by atoms with van der Waals surface area (Å²) in [6.45, 7) is 0. The van der Waals surface area contributed by atoms with Crippen molar-refractivity contribution in [3.05, 3.63) is 36.4 Å². The van der Waals surface area contributed by atoms with Gasteiger partial charge in [-0.2, -0.15) is 0 Å². The van der Waals surface area contributed by atoms with Gasteiger partial charge in [0.1, 0.15) is 17.4 Å². The molecule has 5 N–H and O–H groups in total. The van der Waals surface area contributed by atoms with Crippen LogP contribution in [0.1, 0.15) is 0 Å². The number of hydrogen-bond acceptors (Lipinski definition) is 5. The molecular formula is C12H14N4O. The lowest BCUT2D eigenvalue weighted by Crippen LogP contribution is -2.00. The zero-order chi connectivity index (χ0) is 12.3. The minimum Gasteiger partial charge on any atom is -0.497 e. The third kappa shape index (κ3) is 2.57. The van der Waals surface area contributed by atoms with Gasteiger partial charge in [-0.05, 0) is 36.4 Å². The van der Waals surface area contributed by atoms with Gasteiger partial charge >= 0.3 is 0 Å². The molecule has 0 spiro atoms. The fourth-order valence-electron chi connectivity index (χ4n) is 1.38. The van der Waals surface area contributed by atoms with E-state index in [1.54, 1.807) is 19.2 Å². The van der Waals surface area contributed by atoms with Gasteiger partial charge in [0.2, 0.25) is 0 Å². The Labute approximate surface area is 99.4 Å². The maximum atomic E-state index is 5.62. The van der Waals surface area contributed by atoms with E-state index in [9.17, 15) is 0 Å². The van der Waals surface area contributed by atoms with Gasteiger partial charge in [-0.1, -0.05) is 0 Å². The van der Waals surface area contributed by atoms with Crippen molar-refractivity contribution in [1.82, 2.24) is 4.98 Å². The van der Waals surface area contributed by atoms with Crippen molar-refractivity contribution >= 4 is 23.0 Å². The van der Waals surface area contributed by atoms with Crippen molar-refractivity contribution in [2.24, 2.45) is 0 Å². The monoisotopic (exact) mass is 230 g/mol. The zero-order valence-corrected chi connectivity index (χ0v) is 9.47. The summed E-state index contributed by atoms with van der Waals surface area (Å²) < 4.78 is 5.07. The number of aromatic nitrogens is 1. The number of nitrogens with one attached hydrogen (secondary N) is 1. The summed E-state index contributed by atoms with van der Waals surface area (Å²) in [7, 11) is 1.63. The maximum Gasteiger partial charge on any atom is 0.149 e. The lowest BCUT2D eigenvalue weighted by molar-refractivity contribution is 0.415. The molecule has 2 aromatic rings. The second kappa shape index (κ2) is 4.61. The summed E-state index contributed by atoms with van der Waals surface area (Å²) in [5.74, 6) is 1.78. The van der Waals surface area contributed by atoms with Gasteiger partial charge in [0, 0.05) is 5.69 Å². The highest BCUT2D eigenvalue weighted by molar-refractivity contribution is 5.65. The number of nitrogen functional groups attached to an aromatic ring is 2. The molecule has 0 atom stereocenters. The van der Waals surface area contributed by atoms with E-state index >= 15 is 0 Å². The number of nitrogens with zero attached hydrogens (tertiary/aromatic N) is 1. The number of benzene rings is 1. The normalized spacial score (nSPS) is 9.94. The summed E-state index contributed by atoms with van der Waals surface area (Å²) in [6, 6.07) is 11.0. The number of ether oxygens (including phenoxy) is 1. The summed E-state index contributed by atoms with van der Waals surface area (Å²) in [5, 5.41) is 3.12. The molecule has 1 heterocycles. The minimum atomic E-state index is 0.323. The second-order valence-electron chi connectivity index (χ2n) is 3.52. The highest BCUT2D eigenvalue weighted by Gasteiger charge is 2.00. The Balaban J connectivity index is 2.16. The Bertz CT molecular complexity index is 510. The Hall–Kier alpha value is -2.43. The molecule has 0 saturated carbocycles.